The highest BCUT2D eigenvalue weighted by atomic mass is 31.2. The van der Waals surface area contributed by atoms with Crippen molar-refractivity contribution in [3.63, 3.8) is 0 Å². The molecule has 4 fully saturated rings. The first-order valence-corrected chi connectivity index (χ1v) is 17.6. The van der Waals surface area contributed by atoms with Crippen LogP contribution >= 0.6 is 15.6 Å². The van der Waals surface area contributed by atoms with E-state index in [-0.39, 0.29) is 28.8 Å². The third-order valence-corrected chi connectivity index (χ3v) is 10.6. The number of nitrogen functional groups attached to an aromatic ring is 2. The summed E-state index contributed by atoms with van der Waals surface area (Å²) in [5.41, 5.74) is 12.0. The number of H-pyrrole nitrogens is 1. The number of anilines is 2. The van der Waals surface area contributed by atoms with Crippen molar-refractivity contribution < 1.29 is 56.7 Å². The van der Waals surface area contributed by atoms with Crippen molar-refractivity contribution in [2.24, 2.45) is 0 Å². The number of phosphoric ester groups is 2. The predicted molar refractivity (Wildman–Crippen MR) is 158 cm³/mol. The van der Waals surface area contributed by atoms with Gasteiger partial charge < -0.3 is 45.5 Å². The molecule has 9 N–H and O–H groups in total. The van der Waals surface area contributed by atoms with E-state index in [0.717, 1.165) is 29.3 Å². The number of nitrogens with zero attached hydrogens (tertiary/aromatic N) is 6. The number of nitrogens with two attached hydrogens (primary N) is 2. The molecule has 0 amide bonds. The van der Waals surface area contributed by atoms with Crippen molar-refractivity contribution in [2.45, 2.75) is 67.8 Å². The van der Waals surface area contributed by atoms with Crippen molar-refractivity contribution >= 4 is 49.6 Å². The van der Waals surface area contributed by atoms with Gasteiger partial charge in [-0.05, 0) is 24.3 Å². The molecule has 8 rings (SSSR count). The van der Waals surface area contributed by atoms with E-state index in [4.69, 9.17) is 39.0 Å². The van der Waals surface area contributed by atoms with Crippen LogP contribution in [0.4, 0.5) is 11.8 Å². The van der Waals surface area contributed by atoms with Gasteiger partial charge in [0.2, 0.25) is 5.95 Å². The summed E-state index contributed by atoms with van der Waals surface area (Å²) in [4.78, 5) is 52.5. The van der Waals surface area contributed by atoms with E-state index in [1.54, 1.807) is 6.20 Å². The summed E-state index contributed by atoms with van der Waals surface area (Å²) >= 11 is 0. The normalized spacial score (nSPS) is 37.7. The van der Waals surface area contributed by atoms with Crippen molar-refractivity contribution in [3.05, 3.63) is 34.8 Å². The van der Waals surface area contributed by atoms with Crippen LogP contribution in [0.2, 0.25) is 0 Å². The zero-order valence-electron chi connectivity index (χ0n) is 24.5. The fourth-order valence-corrected chi connectivity index (χ4v) is 8.17. The smallest absolute Gasteiger partial charge is 0.387 e. The summed E-state index contributed by atoms with van der Waals surface area (Å²) in [5, 5.41) is 23.0. The van der Waals surface area contributed by atoms with Crippen LogP contribution in [-0.2, 0) is 36.7 Å². The lowest BCUT2D eigenvalue weighted by atomic mass is 10.1. The largest absolute Gasteiger partial charge is 0.472 e. The van der Waals surface area contributed by atoms with Crippen LogP contribution in [0.3, 0.4) is 0 Å². The highest BCUT2D eigenvalue weighted by Crippen LogP contribution is 2.54. The van der Waals surface area contributed by atoms with E-state index in [9.17, 15) is 33.9 Å². The quantitative estimate of drug-likeness (QED) is 0.127. The SMILES string of the molecule is Nc1nc2c(ncn2[C@@H]2O[C@@H]3COP(=O)(O)O[C@H]4[C@@H](O)[C@H](n5cc(C6CC6)c6c(N)ncnc65)O[C@@H]4COP(=O)(O)O[C@@H]2[C@@H]3O)c(=O)[nH]1. The highest BCUT2D eigenvalue weighted by Gasteiger charge is 2.54. The van der Waals surface area contributed by atoms with Crippen LogP contribution in [0, 0.1) is 0 Å². The zero-order chi connectivity index (χ0) is 33.7. The number of ether oxygens (including phenoxy) is 2. The molecule has 0 radical (unpaired) electrons. The Labute approximate surface area is 267 Å². The molecule has 4 aromatic heterocycles. The Morgan fingerprint density at radius 2 is 1.56 bits per heavy atom. The van der Waals surface area contributed by atoms with Crippen LogP contribution < -0.4 is 17.0 Å². The monoisotopic (exact) mass is 713 g/mol. The molecule has 10 atom stereocenters. The molecule has 22 nitrogen and oxygen atoms in total. The van der Waals surface area contributed by atoms with Gasteiger partial charge in [-0.1, -0.05) is 0 Å². The van der Waals surface area contributed by atoms with Crippen molar-refractivity contribution in [1.29, 1.82) is 0 Å². The number of imidazole rings is 1. The molecule has 0 aromatic carbocycles. The molecule has 1 aliphatic carbocycles. The second-order valence-corrected chi connectivity index (χ2v) is 14.6. The molecular weight excluding hydrogens is 684 g/mol. The lowest BCUT2D eigenvalue weighted by molar-refractivity contribution is -0.0671. The number of nitrogens with one attached hydrogen (secondary N) is 1. The second kappa shape index (κ2) is 11.3. The number of aromatic amines is 1. The van der Waals surface area contributed by atoms with E-state index in [2.05, 4.69) is 24.9 Å². The van der Waals surface area contributed by atoms with E-state index < -0.39 is 83.5 Å². The van der Waals surface area contributed by atoms with Gasteiger partial charge >= 0.3 is 15.6 Å². The summed E-state index contributed by atoms with van der Waals surface area (Å²) < 4.78 is 62.2. The summed E-state index contributed by atoms with van der Waals surface area (Å²) in [5.74, 6) is 0.127. The minimum atomic E-state index is -5.11. The third kappa shape index (κ3) is 5.43. The average Bonchev–Trinajstić information content (AvgIpc) is 3.41. The number of aromatic nitrogens is 7. The molecule has 258 valence electrons. The van der Waals surface area contributed by atoms with Gasteiger partial charge in [0, 0.05) is 6.20 Å². The molecule has 4 aliphatic rings. The molecule has 24 heteroatoms. The van der Waals surface area contributed by atoms with E-state index in [1.165, 1.54) is 10.9 Å². The molecule has 3 aliphatic heterocycles. The third-order valence-electron chi connectivity index (χ3n) is 8.62. The van der Waals surface area contributed by atoms with Gasteiger partial charge in [-0.25, -0.2) is 24.1 Å². The summed E-state index contributed by atoms with van der Waals surface area (Å²) in [6.07, 6.45) is -6.61. The standard InChI is InChI=1S/C24H29N9O13P2/c25-18-12-9(8-1-2-8)3-32(19(12)28-6-27-18)22-15(35)16-11(44-22)5-42-48(39,40)46-17-14(34)10(4-41-47(37,38)45-16)43-23(17)33-7-29-13-20(33)30-24(26)31-21(13)36/h3,6-8,10-11,14-17,22-23,34-35H,1-2,4-5H2,(H,37,38)(H,39,40)(H2,25,27,28)(H3,26,30,31,36)/t10-,11-,14-,15-,16-,17-,22-,23-/m1/s1. The lowest BCUT2D eigenvalue weighted by Crippen LogP contribution is -2.36. The molecule has 2 unspecified atom stereocenters. The van der Waals surface area contributed by atoms with Crippen LogP contribution in [0.25, 0.3) is 22.2 Å². The van der Waals surface area contributed by atoms with Crippen molar-refractivity contribution in [2.75, 3.05) is 24.7 Å². The summed E-state index contributed by atoms with van der Waals surface area (Å²) in [6, 6.07) is 0. The summed E-state index contributed by atoms with van der Waals surface area (Å²) in [6.45, 7) is -1.61. The topological polar surface area (TPSA) is 317 Å². The Morgan fingerprint density at radius 3 is 2.29 bits per heavy atom. The second-order valence-electron chi connectivity index (χ2n) is 11.8. The first kappa shape index (κ1) is 31.9. The maximum absolute atomic E-state index is 13.3. The number of aliphatic hydroxyl groups excluding tert-OH is 2. The number of aliphatic hydroxyl groups is 2. The fourth-order valence-electron chi connectivity index (χ4n) is 6.28. The molecule has 0 spiro atoms. The molecule has 3 saturated heterocycles. The number of fused-ring (bicyclic) bond motifs is 5. The maximum atomic E-state index is 13.3. The predicted octanol–water partition coefficient (Wildman–Crippen LogP) is -0.859. The molecule has 1 saturated carbocycles. The van der Waals surface area contributed by atoms with E-state index >= 15 is 0 Å². The minimum Gasteiger partial charge on any atom is -0.387 e. The maximum Gasteiger partial charge on any atom is 0.472 e. The minimum absolute atomic E-state index is 0.119. The molecule has 48 heavy (non-hydrogen) atoms. The van der Waals surface area contributed by atoms with Gasteiger partial charge in [-0.2, -0.15) is 4.98 Å². The molecular formula is C24H29N9O13P2. The molecule has 2 bridgehead atoms. The summed E-state index contributed by atoms with van der Waals surface area (Å²) in [7, 11) is -10.2. The average molecular weight is 713 g/mol. The Hall–Kier alpha value is -3.37. The van der Waals surface area contributed by atoms with Crippen molar-refractivity contribution in [1.82, 2.24) is 34.1 Å². The van der Waals surface area contributed by atoms with Gasteiger partial charge in [-0.15, -0.1) is 0 Å². The lowest BCUT2D eigenvalue weighted by Gasteiger charge is -2.25. The molecule has 7 heterocycles. The van der Waals surface area contributed by atoms with Crippen LogP contribution in [0.1, 0.15) is 36.8 Å². The highest BCUT2D eigenvalue weighted by molar-refractivity contribution is 7.47. The van der Waals surface area contributed by atoms with E-state index in [0.29, 0.717) is 11.0 Å². The number of rotatable bonds is 3. The first-order valence-electron chi connectivity index (χ1n) is 14.6. The number of phosphoric acid groups is 2. The first-order chi connectivity index (χ1) is 22.8. The Morgan fingerprint density at radius 1 is 0.875 bits per heavy atom. The van der Waals surface area contributed by atoms with Gasteiger partial charge in [0.25, 0.3) is 5.56 Å². The van der Waals surface area contributed by atoms with Gasteiger partial charge in [0.15, 0.2) is 23.6 Å². The van der Waals surface area contributed by atoms with Gasteiger partial charge in [0.05, 0.1) is 24.9 Å². The van der Waals surface area contributed by atoms with Crippen molar-refractivity contribution in [3.8, 4) is 0 Å². The fraction of sp³-hybridized carbons (Fsp3) is 0.542. The Kier molecular flexibility index (Phi) is 7.53. The number of hydrogen-bond donors (Lipinski definition) is 7. The van der Waals surface area contributed by atoms with Crippen LogP contribution in [0.5, 0.6) is 0 Å². The van der Waals surface area contributed by atoms with Crippen LogP contribution in [-0.4, -0.2) is 104 Å². The molecule has 4 aromatic rings. The Bertz CT molecular complexity index is 2070. The van der Waals surface area contributed by atoms with E-state index in [1.807, 2.05) is 0 Å². The van der Waals surface area contributed by atoms with Crippen LogP contribution in [0.15, 0.2) is 23.6 Å². The number of hydrogen-bond acceptors (Lipinski definition) is 17. The van der Waals surface area contributed by atoms with Gasteiger partial charge in [-0.3, -0.25) is 32.4 Å². The Balaban J connectivity index is 1.12. The zero-order valence-corrected chi connectivity index (χ0v) is 26.2. The van der Waals surface area contributed by atoms with Gasteiger partial charge in [0.1, 0.15) is 54.4 Å².